The first-order valence-electron chi connectivity index (χ1n) is 6.32. The number of rotatable bonds is 3. The van der Waals surface area contributed by atoms with Crippen molar-refractivity contribution in [2.75, 3.05) is 5.32 Å². The van der Waals surface area contributed by atoms with Crippen LogP contribution in [0.15, 0.2) is 18.2 Å². The number of nitrogens with one attached hydrogen (secondary N) is 1. The number of nitrogens with two attached hydrogens (primary N) is 1. The van der Waals surface area contributed by atoms with Crippen LogP contribution in [0.2, 0.25) is 0 Å². The molecule has 1 fully saturated rings. The molecule has 0 radical (unpaired) electrons. The van der Waals surface area contributed by atoms with Crippen molar-refractivity contribution in [3.05, 3.63) is 33.9 Å². The normalized spacial score (nSPS) is 22.5. The average molecular weight is 260 g/mol. The van der Waals surface area contributed by atoms with Crippen molar-refractivity contribution in [2.24, 2.45) is 5.73 Å². The highest BCUT2D eigenvalue weighted by Gasteiger charge is 2.24. The monoisotopic (exact) mass is 260 g/mol. The van der Waals surface area contributed by atoms with Crippen LogP contribution in [0.3, 0.4) is 0 Å². The molecule has 19 heavy (non-hydrogen) atoms. The van der Waals surface area contributed by atoms with Crippen LogP contribution >= 0.6 is 0 Å². The van der Waals surface area contributed by atoms with E-state index in [0.717, 1.165) is 25.7 Å². The van der Waals surface area contributed by atoms with Gasteiger partial charge in [-0.05, 0) is 25.0 Å². The largest absolute Gasteiger partial charge is 0.375 e. The first-order chi connectivity index (χ1) is 9.11. The summed E-state index contributed by atoms with van der Waals surface area (Å²) < 4.78 is 0. The number of nitro groups is 1. The van der Waals surface area contributed by atoms with Gasteiger partial charge in [-0.25, -0.2) is 0 Å². The van der Waals surface area contributed by atoms with Crippen molar-refractivity contribution in [1.82, 2.24) is 0 Å². The maximum absolute atomic E-state index is 11.0. The predicted molar refractivity (Wildman–Crippen MR) is 71.7 cm³/mol. The van der Waals surface area contributed by atoms with E-state index < -0.39 is 4.92 Å². The smallest absolute Gasteiger partial charge is 0.293 e. The summed E-state index contributed by atoms with van der Waals surface area (Å²) in [6, 6.07) is 6.42. The van der Waals surface area contributed by atoms with Gasteiger partial charge in [0.25, 0.3) is 5.69 Å². The van der Waals surface area contributed by atoms with Crippen molar-refractivity contribution in [3.63, 3.8) is 0 Å². The third-order valence-electron chi connectivity index (χ3n) is 3.48. The highest BCUT2D eigenvalue weighted by molar-refractivity contribution is 5.64. The van der Waals surface area contributed by atoms with E-state index in [0.29, 0.717) is 5.69 Å². The zero-order valence-corrected chi connectivity index (χ0v) is 10.5. The predicted octanol–water partition coefficient (Wildman–Crippen LogP) is 2.15. The fourth-order valence-corrected chi connectivity index (χ4v) is 2.41. The highest BCUT2D eigenvalue weighted by atomic mass is 16.6. The van der Waals surface area contributed by atoms with Crippen LogP contribution in [0.1, 0.15) is 31.2 Å². The Kier molecular flexibility index (Phi) is 3.97. The van der Waals surface area contributed by atoms with E-state index in [1.54, 1.807) is 12.1 Å². The summed E-state index contributed by atoms with van der Waals surface area (Å²) in [6.07, 6.45) is 4.03. The van der Waals surface area contributed by atoms with Crippen LogP contribution in [0.25, 0.3) is 0 Å². The van der Waals surface area contributed by atoms with Gasteiger partial charge in [0.05, 0.1) is 16.6 Å². The van der Waals surface area contributed by atoms with Gasteiger partial charge in [0.2, 0.25) is 0 Å². The summed E-state index contributed by atoms with van der Waals surface area (Å²) in [5, 5.41) is 23.0. The van der Waals surface area contributed by atoms with Crippen molar-refractivity contribution in [1.29, 1.82) is 5.26 Å². The Morgan fingerprint density at radius 1 is 1.42 bits per heavy atom. The van der Waals surface area contributed by atoms with Crippen molar-refractivity contribution < 1.29 is 4.92 Å². The Morgan fingerprint density at radius 2 is 2.16 bits per heavy atom. The zero-order chi connectivity index (χ0) is 13.8. The second-order valence-electron chi connectivity index (χ2n) is 4.80. The summed E-state index contributed by atoms with van der Waals surface area (Å²) in [4.78, 5) is 10.6. The fourth-order valence-electron chi connectivity index (χ4n) is 2.41. The first kappa shape index (κ1) is 13.3. The Labute approximate surface area is 111 Å². The van der Waals surface area contributed by atoms with Gasteiger partial charge in [-0.3, -0.25) is 10.1 Å². The van der Waals surface area contributed by atoms with Gasteiger partial charge in [-0.1, -0.05) is 12.8 Å². The number of anilines is 1. The third-order valence-corrected chi connectivity index (χ3v) is 3.48. The van der Waals surface area contributed by atoms with E-state index in [1.807, 2.05) is 6.07 Å². The highest BCUT2D eigenvalue weighted by Crippen LogP contribution is 2.28. The lowest BCUT2D eigenvalue weighted by molar-refractivity contribution is -0.384. The lowest BCUT2D eigenvalue weighted by Gasteiger charge is -2.29. The van der Waals surface area contributed by atoms with Gasteiger partial charge in [-0.2, -0.15) is 5.26 Å². The number of hydrogen-bond acceptors (Lipinski definition) is 5. The first-order valence-corrected chi connectivity index (χ1v) is 6.32. The van der Waals surface area contributed by atoms with Gasteiger partial charge in [-0.15, -0.1) is 0 Å². The molecular weight excluding hydrogens is 244 g/mol. The quantitative estimate of drug-likeness (QED) is 0.640. The standard InChI is InChI=1S/C13H16N4O2/c14-8-9-5-6-12(13(7-9)17(18)19)16-11-4-2-1-3-10(11)15/h5-7,10-11,16H,1-4,15H2/t10-,11-/m1/s1. The number of benzene rings is 1. The second-order valence-corrected chi connectivity index (χ2v) is 4.80. The lowest BCUT2D eigenvalue weighted by Crippen LogP contribution is -2.42. The molecule has 0 saturated heterocycles. The molecule has 0 unspecified atom stereocenters. The summed E-state index contributed by atoms with van der Waals surface area (Å²) in [6.45, 7) is 0. The Bertz CT molecular complexity index is 524. The molecule has 3 N–H and O–H groups in total. The van der Waals surface area contributed by atoms with Crippen LogP contribution < -0.4 is 11.1 Å². The molecule has 2 rings (SSSR count). The van der Waals surface area contributed by atoms with Crippen molar-refractivity contribution in [3.8, 4) is 6.07 Å². The molecule has 0 aromatic heterocycles. The van der Waals surface area contributed by atoms with Crippen LogP contribution in [0.4, 0.5) is 11.4 Å². The van der Waals surface area contributed by atoms with Crippen LogP contribution in [0, 0.1) is 21.4 Å². The molecule has 1 aromatic rings. The van der Waals surface area contributed by atoms with Gasteiger partial charge in [0.1, 0.15) is 5.69 Å². The number of hydrogen-bond donors (Lipinski definition) is 2. The molecule has 0 heterocycles. The van der Waals surface area contributed by atoms with Crippen molar-refractivity contribution >= 4 is 11.4 Å². The molecular formula is C13H16N4O2. The van der Waals surface area contributed by atoms with Crippen LogP contribution in [-0.2, 0) is 0 Å². The Hall–Kier alpha value is -2.13. The van der Waals surface area contributed by atoms with Gasteiger partial charge < -0.3 is 11.1 Å². The molecule has 2 atom stereocenters. The maximum Gasteiger partial charge on any atom is 0.293 e. The summed E-state index contributed by atoms with van der Waals surface area (Å²) in [5.74, 6) is 0. The van der Waals surface area contributed by atoms with Crippen LogP contribution in [0.5, 0.6) is 0 Å². The molecule has 100 valence electrons. The minimum Gasteiger partial charge on any atom is -0.375 e. The van der Waals surface area contributed by atoms with Gasteiger partial charge in [0, 0.05) is 18.2 Å². The summed E-state index contributed by atoms with van der Waals surface area (Å²) >= 11 is 0. The SMILES string of the molecule is N#Cc1ccc(N[C@@H]2CCCC[C@H]2N)c([N+](=O)[O-])c1. The Morgan fingerprint density at radius 3 is 2.79 bits per heavy atom. The molecule has 1 aliphatic carbocycles. The molecule has 6 nitrogen and oxygen atoms in total. The van der Waals surface area contributed by atoms with Crippen LogP contribution in [-0.4, -0.2) is 17.0 Å². The minimum atomic E-state index is -0.475. The van der Waals surface area contributed by atoms with E-state index in [-0.39, 0.29) is 23.3 Å². The second kappa shape index (κ2) is 5.67. The van der Waals surface area contributed by atoms with E-state index in [1.165, 1.54) is 6.07 Å². The number of nitriles is 1. The van der Waals surface area contributed by atoms with E-state index in [4.69, 9.17) is 11.0 Å². The molecule has 1 aromatic carbocycles. The van der Waals surface area contributed by atoms with Crippen molar-refractivity contribution in [2.45, 2.75) is 37.8 Å². The molecule has 0 spiro atoms. The van der Waals surface area contributed by atoms with Gasteiger partial charge >= 0.3 is 0 Å². The third kappa shape index (κ3) is 3.01. The molecule has 1 saturated carbocycles. The van der Waals surface area contributed by atoms with Gasteiger partial charge in [0.15, 0.2) is 0 Å². The molecule has 6 heteroatoms. The van der Waals surface area contributed by atoms with E-state index in [9.17, 15) is 10.1 Å². The average Bonchev–Trinajstić information content (AvgIpc) is 2.41. The number of nitrogens with zero attached hydrogens (tertiary/aromatic N) is 2. The fraction of sp³-hybridized carbons (Fsp3) is 0.462. The van der Waals surface area contributed by atoms with E-state index in [2.05, 4.69) is 5.32 Å². The molecule has 0 aliphatic heterocycles. The molecule has 0 amide bonds. The Balaban J connectivity index is 2.24. The lowest BCUT2D eigenvalue weighted by atomic mass is 9.91. The molecule has 1 aliphatic rings. The minimum absolute atomic E-state index is 0.0176. The topological polar surface area (TPSA) is 105 Å². The van der Waals surface area contributed by atoms with E-state index >= 15 is 0 Å². The maximum atomic E-state index is 11.0. The summed E-state index contributed by atoms with van der Waals surface area (Å²) in [7, 11) is 0. The molecule has 0 bridgehead atoms. The number of nitro benzene ring substituents is 1. The summed E-state index contributed by atoms with van der Waals surface area (Å²) in [5.41, 5.74) is 6.67. The zero-order valence-electron chi connectivity index (χ0n) is 10.5.